The number of hydrogen-bond acceptors (Lipinski definition) is 2. The molecule has 0 spiro atoms. The molecule has 0 aliphatic heterocycles. The van der Waals surface area contributed by atoms with Crippen LogP contribution in [0.1, 0.15) is 24.3 Å². The van der Waals surface area contributed by atoms with Gasteiger partial charge in [0.1, 0.15) is 0 Å². The van der Waals surface area contributed by atoms with Gasteiger partial charge >= 0.3 is 0 Å². The van der Waals surface area contributed by atoms with Gasteiger partial charge in [0.2, 0.25) is 0 Å². The Labute approximate surface area is 97.7 Å². The fraction of sp³-hybridized carbons (Fsp3) is 0.417. The number of nitrogens with zero attached hydrogens (tertiary/aromatic N) is 1. The van der Waals surface area contributed by atoms with Gasteiger partial charge in [-0.15, -0.1) is 0 Å². The van der Waals surface area contributed by atoms with Gasteiger partial charge in [0.25, 0.3) is 0 Å². The molecule has 1 aliphatic rings. The average Bonchev–Trinajstić information content (AvgIpc) is 3.05. The molecule has 1 aliphatic carbocycles. The molecule has 3 heteroatoms. The number of rotatable bonds is 3. The van der Waals surface area contributed by atoms with E-state index in [1.807, 2.05) is 24.3 Å². The van der Waals surface area contributed by atoms with E-state index in [1.54, 1.807) is 0 Å². The van der Waals surface area contributed by atoms with E-state index in [1.165, 1.54) is 0 Å². The Hall–Kier alpha value is -0.850. The van der Waals surface area contributed by atoms with Crippen LogP contribution in [-0.2, 0) is 0 Å². The summed E-state index contributed by atoms with van der Waals surface area (Å²) in [4.78, 5) is 0. The Morgan fingerprint density at radius 2 is 2.07 bits per heavy atom. The molecule has 2 atom stereocenters. The highest BCUT2D eigenvalue weighted by molar-refractivity contribution is 9.10. The van der Waals surface area contributed by atoms with Crippen molar-refractivity contribution < 1.29 is 5.11 Å². The van der Waals surface area contributed by atoms with Crippen LogP contribution in [0.5, 0.6) is 0 Å². The molecule has 0 amide bonds. The van der Waals surface area contributed by atoms with Gasteiger partial charge in [0, 0.05) is 4.47 Å². The molecule has 0 heterocycles. The second-order valence-electron chi connectivity index (χ2n) is 3.96. The van der Waals surface area contributed by atoms with E-state index in [0.717, 1.165) is 22.9 Å². The normalized spacial score (nSPS) is 19.3. The van der Waals surface area contributed by atoms with E-state index >= 15 is 0 Å². The van der Waals surface area contributed by atoms with Crippen LogP contribution in [0.2, 0.25) is 0 Å². The van der Waals surface area contributed by atoms with Crippen molar-refractivity contribution in [2.24, 2.45) is 5.92 Å². The largest absolute Gasteiger partial charge is 0.391 e. The zero-order valence-corrected chi connectivity index (χ0v) is 9.81. The summed E-state index contributed by atoms with van der Waals surface area (Å²) in [5, 5.41) is 19.1. The Morgan fingerprint density at radius 1 is 1.40 bits per heavy atom. The maximum absolute atomic E-state index is 9.98. The predicted molar refractivity (Wildman–Crippen MR) is 61.2 cm³/mol. The molecule has 2 unspecified atom stereocenters. The van der Waals surface area contributed by atoms with Gasteiger partial charge in [-0.25, -0.2) is 0 Å². The van der Waals surface area contributed by atoms with E-state index in [-0.39, 0.29) is 0 Å². The molecule has 1 saturated carbocycles. The lowest BCUT2D eigenvalue weighted by atomic mass is 9.92. The summed E-state index contributed by atoms with van der Waals surface area (Å²) < 4.78 is 0.899. The molecule has 2 nitrogen and oxygen atoms in total. The van der Waals surface area contributed by atoms with Crippen molar-refractivity contribution in [2.75, 3.05) is 0 Å². The van der Waals surface area contributed by atoms with Gasteiger partial charge in [-0.05, 0) is 30.4 Å². The van der Waals surface area contributed by atoms with Crippen LogP contribution in [0, 0.1) is 17.2 Å². The minimum atomic E-state index is -0.520. The lowest BCUT2D eigenvalue weighted by Crippen LogP contribution is -2.19. The van der Waals surface area contributed by atoms with E-state index in [2.05, 4.69) is 22.0 Å². The summed E-state index contributed by atoms with van der Waals surface area (Å²) in [5.41, 5.74) is 0.888. The number of halogens is 1. The lowest BCUT2D eigenvalue weighted by Gasteiger charge is -2.17. The minimum absolute atomic E-state index is 0.321. The zero-order valence-electron chi connectivity index (χ0n) is 8.23. The number of hydrogen-bond donors (Lipinski definition) is 1. The van der Waals surface area contributed by atoms with Gasteiger partial charge in [-0.2, -0.15) is 5.26 Å². The first-order valence-electron chi connectivity index (χ1n) is 5.06. The number of aliphatic hydroxyl groups excluding tert-OH is 1. The van der Waals surface area contributed by atoms with E-state index < -0.39 is 12.0 Å². The van der Waals surface area contributed by atoms with Crippen molar-refractivity contribution >= 4 is 15.9 Å². The van der Waals surface area contributed by atoms with Gasteiger partial charge < -0.3 is 5.11 Å². The lowest BCUT2D eigenvalue weighted by molar-refractivity contribution is 0.138. The maximum Gasteiger partial charge on any atom is 0.0985 e. The number of nitriles is 1. The molecule has 0 aromatic heterocycles. The predicted octanol–water partition coefficient (Wildman–Crippen LogP) is 2.83. The second kappa shape index (κ2) is 4.34. The molecule has 78 valence electrons. The first-order chi connectivity index (χ1) is 7.24. The third-order valence-corrected chi connectivity index (χ3v) is 3.55. The topological polar surface area (TPSA) is 44.0 Å². The average molecular weight is 266 g/mol. The van der Waals surface area contributed by atoms with Crippen LogP contribution in [0.4, 0.5) is 0 Å². The summed E-state index contributed by atoms with van der Waals surface area (Å²) in [6.45, 7) is 0. The summed E-state index contributed by atoms with van der Waals surface area (Å²) >= 11 is 3.41. The van der Waals surface area contributed by atoms with Crippen LogP contribution in [-0.4, -0.2) is 11.2 Å². The highest BCUT2D eigenvalue weighted by atomic mass is 79.9. The van der Waals surface area contributed by atoms with Crippen LogP contribution in [0.3, 0.4) is 0 Å². The fourth-order valence-electron chi connectivity index (χ4n) is 1.77. The van der Waals surface area contributed by atoms with Crippen molar-refractivity contribution in [3.8, 4) is 6.07 Å². The van der Waals surface area contributed by atoms with Gasteiger partial charge in [-0.3, -0.25) is 0 Å². The van der Waals surface area contributed by atoms with Crippen LogP contribution >= 0.6 is 15.9 Å². The number of aliphatic hydroxyl groups is 1. The zero-order chi connectivity index (χ0) is 10.8. The first-order valence-corrected chi connectivity index (χ1v) is 5.85. The molecule has 15 heavy (non-hydrogen) atoms. The molecule has 1 fully saturated rings. The van der Waals surface area contributed by atoms with Crippen molar-refractivity contribution in [3.05, 3.63) is 34.3 Å². The summed E-state index contributed by atoms with van der Waals surface area (Å²) in [6.07, 6.45) is 1.57. The van der Waals surface area contributed by atoms with E-state index in [0.29, 0.717) is 5.92 Å². The third-order valence-electron chi connectivity index (χ3n) is 2.83. The molecule has 2 rings (SSSR count). The molecule has 0 radical (unpaired) electrons. The van der Waals surface area contributed by atoms with Crippen LogP contribution in [0.25, 0.3) is 0 Å². The molecule has 1 N–H and O–H groups in total. The Bertz CT molecular complexity index is 395. The Balaban J connectivity index is 2.26. The van der Waals surface area contributed by atoms with Gasteiger partial charge in [0.05, 0.1) is 18.1 Å². The minimum Gasteiger partial charge on any atom is -0.391 e. The van der Waals surface area contributed by atoms with Crippen LogP contribution < -0.4 is 0 Å². The molecule has 1 aromatic carbocycles. The molecular formula is C12H12BrNO. The summed E-state index contributed by atoms with van der Waals surface area (Å²) in [5.74, 6) is -0.0881. The molecular weight excluding hydrogens is 254 g/mol. The molecule has 0 saturated heterocycles. The quantitative estimate of drug-likeness (QED) is 0.914. The first kappa shape index (κ1) is 10.7. The second-order valence-corrected chi connectivity index (χ2v) is 4.81. The van der Waals surface area contributed by atoms with Crippen molar-refractivity contribution in [1.82, 2.24) is 0 Å². The molecule has 1 aromatic rings. The highest BCUT2D eigenvalue weighted by Gasteiger charge is 2.36. The Morgan fingerprint density at radius 3 is 2.60 bits per heavy atom. The monoisotopic (exact) mass is 265 g/mol. The third kappa shape index (κ3) is 2.22. The summed E-state index contributed by atoms with van der Waals surface area (Å²) in [7, 11) is 0. The van der Waals surface area contributed by atoms with Gasteiger partial charge in [0.15, 0.2) is 0 Å². The van der Waals surface area contributed by atoms with Crippen molar-refractivity contribution in [1.29, 1.82) is 5.26 Å². The van der Waals surface area contributed by atoms with E-state index in [4.69, 9.17) is 5.26 Å². The Kier molecular flexibility index (Phi) is 3.08. The van der Waals surface area contributed by atoms with Gasteiger partial charge in [-0.1, -0.05) is 34.1 Å². The molecule has 0 bridgehead atoms. The van der Waals surface area contributed by atoms with Crippen molar-refractivity contribution in [3.63, 3.8) is 0 Å². The van der Waals surface area contributed by atoms with Crippen LogP contribution in [0.15, 0.2) is 28.7 Å². The summed E-state index contributed by atoms with van der Waals surface area (Å²) in [6, 6.07) is 9.80. The number of benzene rings is 1. The van der Waals surface area contributed by atoms with E-state index in [9.17, 15) is 5.11 Å². The maximum atomic E-state index is 9.98. The highest BCUT2D eigenvalue weighted by Crippen LogP contribution is 2.40. The standard InChI is InChI=1S/C12H12BrNO/c13-11-4-2-1-3-9(11)10(7-14)12(15)8-5-6-8/h1-4,8,10,12,15H,5-6H2. The smallest absolute Gasteiger partial charge is 0.0985 e. The fourth-order valence-corrected chi connectivity index (χ4v) is 2.30. The van der Waals surface area contributed by atoms with Crippen molar-refractivity contribution in [2.45, 2.75) is 24.9 Å². The SMILES string of the molecule is N#CC(c1ccccc1Br)C(O)C1CC1.